The number of benzene rings is 1. The Morgan fingerprint density at radius 3 is 2.77 bits per heavy atom. The molecule has 4 heteroatoms. The normalized spacial score (nSPS) is 27.0. The molecule has 2 unspecified atom stereocenters. The summed E-state index contributed by atoms with van der Waals surface area (Å²) in [5.74, 6) is 1.58. The van der Waals surface area contributed by atoms with Gasteiger partial charge in [0.1, 0.15) is 0 Å². The molecule has 0 radical (unpaired) electrons. The molecule has 0 saturated carbocycles. The average molecular weight is 321 g/mol. The number of hydrogen-bond donors (Lipinski definition) is 1. The van der Waals surface area contributed by atoms with Crippen LogP contribution in [0.2, 0.25) is 0 Å². The largest absolute Gasteiger partial charge is 0.310 e. The van der Waals surface area contributed by atoms with Crippen LogP contribution >= 0.6 is 0 Å². The molecule has 1 N–H and O–H groups in total. The van der Waals surface area contributed by atoms with E-state index in [4.69, 9.17) is 0 Å². The highest BCUT2D eigenvalue weighted by atomic mass is 32.2. The monoisotopic (exact) mass is 321 g/mol. The minimum atomic E-state index is -2.77. The summed E-state index contributed by atoms with van der Waals surface area (Å²) < 4.78 is 23.2. The molecule has 22 heavy (non-hydrogen) atoms. The van der Waals surface area contributed by atoms with Crippen molar-refractivity contribution in [3.05, 3.63) is 34.9 Å². The van der Waals surface area contributed by atoms with Crippen LogP contribution in [0.15, 0.2) is 18.2 Å². The number of sulfone groups is 1. The molecule has 1 aliphatic carbocycles. The van der Waals surface area contributed by atoms with Crippen LogP contribution in [0.5, 0.6) is 0 Å². The molecular formula is C18H27NO2S. The molecule has 1 aliphatic heterocycles. The minimum absolute atomic E-state index is 0.295. The van der Waals surface area contributed by atoms with Gasteiger partial charge in [-0.1, -0.05) is 32.0 Å². The van der Waals surface area contributed by atoms with Gasteiger partial charge in [0.05, 0.1) is 11.5 Å². The van der Waals surface area contributed by atoms with Crippen molar-refractivity contribution in [3.63, 3.8) is 0 Å². The smallest absolute Gasteiger partial charge is 0.150 e. The second-order valence-electron chi connectivity index (χ2n) is 7.24. The van der Waals surface area contributed by atoms with Crippen LogP contribution in [-0.2, 0) is 16.3 Å². The molecule has 1 fully saturated rings. The van der Waals surface area contributed by atoms with E-state index in [0.29, 0.717) is 29.4 Å². The third kappa shape index (κ3) is 3.54. The van der Waals surface area contributed by atoms with Crippen molar-refractivity contribution >= 4 is 9.84 Å². The van der Waals surface area contributed by atoms with E-state index in [1.165, 1.54) is 29.5 Å². The first-order valence-electron chi connectivity index (χ1n) is 8.51. The van der Waals surface area contributed by atoms with Gasteiger partial charge in [0, 0.05) is 6.04 Å². The second-order valence-corrected chi connectivity index (χ2v) is 9.46. The van der Waals surface area contributed by atoms with Gasteiger partial charge in [-0.05, 0) is 60.8 Å². The van der Waals surface area contributed by atoms with Crippen LogP contribution in [0.4, 0.5) is 0 Å². The molecule has 1 heterocycles. The Balaban J connectivity index is 1.70. The maximum absolute atomic E-state index is 11.6. The van der Waals surface area contributed by atoms with Gasteiger partial charge in [-0.2, -0.15) is 0 Å². The van der Waals surface area contributed by atoms with E-state index >= 15 is 0 Å². The summed E-state index contributed by atoms with van der Waals surface area (Å²) >= 11 is 0. The van der Waals surface area contributed by atoms with Crippen molar-refractivity contribution in [1.29, 1.82) is 0 Å². The van der Waals surface area contributed by atoms with Gasteiger partial charge < -0.3 is 5.32 Å². The van der Waals surface area contributed by atoms with E-state index < -0.39 is 9.84 Å². The molecular weight excluding hydrogens is 294 g/mol. The van der Waals surface area contributed by atoms with Crippen LogP contribution in [0.1, 0.15) is 61.8 Å². The van der Waals surface area contributed by atoms with Gasteiger partial charge in [-0.15, -0.1) is 0 Å². The van der Waals surface area contributed by atoms with Crippen LogP contribution in [0.25, 0.3) is 0 Å². The highest BCUT2D eigenvalue weighted by Crippen LogP contribution is 2.32. The Morgan fingerprint density at radius 1 is 1.27 bits per heavy atom. The van der Waals surface area contributed by atoms with Crippen LogP contribution in [-0.4, -0.2) is 26.5 Å². The van der Waals surface area contributed by atoms with Crippen molar-refractivity contribution < 1.29 is 8.42 Å². The quantitative estimate of drug-likeness (QED) is 0.926. The topological polar surface area (TPSA) is 46.2 Å². The number of fused-ring (bicyclic) bond motifs is 1. The van der Waals surface area contributed by atoms with Crippen LogP contribution in [0.3, 0.4) is 0 Å². The van der Waals surface area contributed by atoms with Crippen LogP contribution < -0.4 is 5.32 Å². The summed E-state index contributed by atoms with van der Waals surface area (Å²) in [6.07, 6.45) is 4.37. The lowest BCUT2D eigenvalue weighted by molar-refractivity contribution is 0.417. The highest BCUT2D eigenvalue weighted by Gasteiger charge is 2.29. The Morgan fingerprint density at radius 2 is 2.09 bits per heavy atom. The molecule has 0 spiro atoms. The van der Waals surface area contributed by atoms with Gasteiger partial charge in [-0.25, -0.2) is 8.42 Å². The molecule has 2 aliphatic rings. The summed E-state index contributed by atoms with van der Waals surface area (Å²) in [5, 5.41) is 3.66. The predicted molar refractivity (Wildman–Crippen MR) is 91.0 cm³/mol. The molecule has 3 nitrogen and oxygen atoms in total. The van der Waals surface area contributed by atoms with Crippen LogP contribution in [0, 0.1) is 5.92 Å². The molecule has 2 atom stereocenters. The minimum Gasteiger partial charge on any atom is -0.310 e. The van der Waals surface area contributed by atoms with Crippen molar-refractivity contribution in [3.8, 4) is 0 Å². The SMILES string of the molecule is CC(C)c1ccc2c(c1)C(NCC1CCS(=O)(=O)C1)CCC2. The molecule has 0 amide bonds. The van der Waals surface area contributed by atoms with Crippen molar-refractivity contribution in [2.24, 2.45) is 5.92 Å². The van der Waals surface area contributed by atoms with Gasteiger partial charge in [-0.3, -0.25) is 0 Å². The molecule has 0 bridgehead atoms. The molecule has 122 valence electrons. The predicted octanol–water partition coefficient (Wildman–Crippen LogP) is 3.21. The molecule has 3 rings (SSSR count). The lowest BCUT2D eigenvalue weighted by Crippen LogP contribution is -2.30. The van der Waals surface area contributed by atoms with Crippen molar-refractivity contribution in [1.82, 2.24) is 5.32 Å². The van der Waals surface area contributed by atoms with E-state index in [1.807, 2.05) is 0 Å². The molecule has 1 aromatic carbocycles. The third-order valence-electron chi connectivity index (χ3n) is 5.13. The molecule has 0 aromatic heterocycles. The maximum atomic E-state index is 11.6. The zero-order valence-electron chi connectivity index (χ0n) is 13.6. The van der Waals surface area contributed by atoms with Crippen molar-refractivity contribution in [2.75, 3.05) is 18.1 Å². The first kappa shape index (κ1) is 16.0. The first-order chi connectivity index (χ1) is 10.4. The van der Waals surface area contributed by atoms with E-state index in [2.05, 4.69) is 37.4 Å². The lowest BCUT2D eigenvalue weighted by atomic mass is 9.85. The maximum Gasteiger partial charge on any atom is 0.150 e. The highest BCUT2D eigenvalue weighted by molar-refractivity contribution is 7.91. The van der Waals surface area contributed by atoms with E-state index in [0.717, 1.165) is 19.4 Å². The Labute approximate surface area is 134 Å². The summed E-state index contributed by atoms with van der Waals surface area (Å²) in [7, 11) is -2.77. The fourth-order valence-corrected chi connectivity index (χ4v) is 5.59. The fraction of sp³-hybridized carbons (Fsp3) is 0.667. The number of rotatable bonds is 4. The zero-order valence-corrected chi connectivity index (χ0v) is 14.5. The second kappa shape index (κ2) is 6.32. The molecule has 1 aromatic rings. The third-order valence-corrected chi connectivity index (χ3v) is 6.97. The summed E-state index contributed by atoms with van der Waals surface area (Å²) in [4.78, 5) is 0. The Kier molecular flexibility index (Phi) is 4.60. The van der Waals surface area contributed by atoms with Gasteiger partial charge in [0.2, 0.25) is 0 Å². The fourth-order valence-electron chi connectivity index (χ4n) is 3.73. The summed E-state index contributed by atoms with van der Waals surface area (Å²) in [6.45, 7) is 5.29. The van der Waals surface area contributed by atoms with Gasteiger partial charge in [0.25, 0.3) is 0 Å². The standard InChI is InChI=1S/C18H27NO2S/c1-13(2)16-7-6-15-4-3-5-18(17(15)10-16)19-11-14-8-9-22(20,21)12-14/h6-7,10,13-14,18-19H,3-5,8-9,11-12H2,1-2H3. The van der Waals surface area contributed by atoms with E-state index in [-0.39, 0.29) is 0 Å². The first-order valence-corrected chi connectivity index (χ1v) is 10.3. The zero-order chi connectivity index (χ0) is 15.7. The van der Waals surface area contributed by atoms with Gasteiger partial charge >= 0.3 is 0 Å². The number of aryl methyl sites for hydroxylation is 1. The van der Waals surface area contributed by atoms with Gasteiger partial charge in [0.15, 0.2) is 9.84 Å². The Bertz CT molecular complexity index is 636. The number of nitrogens with one attached hydrogen (secondary N) is 1. The lowest BCUT2D eigenvalue weighted by Gasteiger charge is -2.28. The van der Waals surface area contributed by atoms with E-state index in [1.54, 1.807) is 0 Å². The molecule has 1 saturated heterocycles. The van der Waals surface area contributed by atoms with Crippen molar-refractivity contribution in [2.45, 2.75) is 51.5 Å². The summed E-state index contributed by atoms with van der Waals surface area (Å²) in [6, 6.07) is 7.31. The average Bonchev–Trinajstić information content (AvgIpc) is 2.83. The number of hydrogen-bond acceptors (Lipinski definition) is 3. The summed E-state index contributed by atoms with van der Waals surface area (Å²) in [5.41, 5.74) is 4.31. The van der Waals surface area contributed by atoms with E-state index in [9.17, 15) is 8.42 Å². The Hall–Kier alpha value is -0.870.